The van der Waals surface area contributed by atoms with E-state index < -0.39 is 5.82 Å². The first-order valence-corrected chi connectivity index (χ1v) is 6.96. The van der Waals surface area contributed by atoms with Gasteiger partial charge in [-0.2, -0.15) is 0 Å². The highest BCUT2D eigenvalue weighted by atomic mass is 79.9. The van der Waals surface area contributed by atoms with Crippen molar-refractivity contribution in [3.05, 3.63) is 34.1 Å². The van der Waals surface area contributed by atoms with Crippen LogP contribution in [-0.4, -0.2) is 55.0 Å². The van der Waals surface area contributed by atoms with Crippen molar-refractivity contribution in [1.82, 2.24) is 9.80 Å². The van der Waals surface area contributed by atoms with Gasteiger partial charge in [0, 0.05) is 36.2 Å². The summed E-state index contributed by atoms with van der Waals surface area (Å²) in [7, 11) is 2.00. The van der Waals surface area contributed by atoms with E-state index in [4.69, 9.17) is 5.73 Å². The second kappa shape index (κ2) is 5.98. The first-order valence-electron chi connectivity index (χ1n) is 6.17. The highest BCUT2D eigenvalue weighted by Gasteiger charge is 2.28. The van der Waals surface area contributed by atoms with E-state index in [0.717, 1.165) is 13.1 Å². The monoisotopic (exact) mass is 329 g/mol. The van der Waals surface area contributed by atoms with Crippen molar-refractivity contribution in [2.45, 2.75) is 6.04 Å². The van der Waals surface area contributed by atoms with Crippen LogP contribution in [0.5, 0.6) is 0 Å². The fourth-order valence-corrected chi connectivity index (χ4v) is 2.79. The van der Waals surface area contributed by atoms with Crippen molar-refractivity contribution in [3.63, 3.8) is 0 Å². The van der Waals surface area contributed by atoms with Gasteiger partial charge in [-0.3, -0.25) is 4.79 Å². The minimum atomic E-state index is -0.420. The smallest absolute Gasteiger partial charge is 0.254 e. The average molecular weight is 330 g/mol. The summed E-state index contributed by atoms with van der Waals surface area (Å²) in [6.07, 6.45) is 0. The third kappa shape index (κ3) is 3.32. The predicted molar refractivity (Wildman–Crippen MR) is 75.5 cm³/mol. The maximum absolute atomic E-state index is 13.4. The zero-order chi connectivity index (χ0) is 14.0. The number of rotatable bonds is 2. The molecule has 1 aromatic rings. The van der Waals surface area contributed by atoms with Gasteiger partial charge in [0.25, 0.3) is 5.91 Å². The van der Waals surface area contributed by atoms with E-state index in [1.54, 1.807) is 11.0 Å². The van der Waals surface area contributed by atoms with E-state index in [0.29, 0.717) is 23.1 Å². The van der Waals surface area contributed by atoms with Gasteiger partial charge in [0.2, 0.25) is 0 Å². The first kappa shape index (κ1) is 14.4. The number of nitrogens with two attached hydrogens (primary N) is 1. The second-order valence-electron chi connectivity index (χ2n) is 4.81. The van der Waals surface area contributed by atoms with E-state index in [2.05, 4.69) is 20.8 Å². The number of halogens is 2. The van der Waals surface area contributed by atoms with Crippen molar-refractivity contribution in [2.75, 3.05) is 33.2 Å². The van der Waals surface area contributed by atoms with Crippen LogP contribution in [0.2, 0.25) is 0 Å². The van der Waals surface area contributed by atoms with Crippen molar-refractivity contribution in [3.8, 4) is 0 Å². The number of carbonyl (C=O) groups is 1. The average Bonchev–Trinajstić information content (AvgIpc) is 2.36. The molecule has 1 aliphatic heterocycles. The van der Waals surface area contributed by atoms with Gasteiger partial charge < -0.3 is 15.5 Å². The van der Waals surface area contributed by atoms with Crippen molar-refractivity contribution in [2.24, 2.45) is 5.73 Å². The van der Waals surface area contributed by atoms with E-state index in [9.17, 15) is 9.18 Å². The van der Waals surface area contributed by atoms with E-state index in [1.807, 2.05) is 7.05 Å². The Morgan fingerprint density at radius 3 is 2.84 bits per heavy atom. The van der Waals surface area contributed by atoms with Crippen molar-refractivity contribution in [1.29, 1.82) is 0 Å². The molecule has 19 heavy (non-hydrogen) atoms. The number of piperazine rings is 1. The van der Waals surface area contributed by atoms with Gasteiger partial charge in [0.1, 0.15) is 5.82 Å². The Morgan fingerprint density at radius 2 is 2.21 bits per heavy atom. The molecule has 1 unspecified atom stereocenters. The van der Waals surface area contributed by atoms with Gasteiger partial charge in [0.05, 0.1) is 6.04 Å². The number of likely N-dealkylation sites (N-methyl/N-ethyl adjacent to an activating group) is 1. The third-order valence-electron chi connectivity index (χ3n) is 3.33. The molecule has 2 rings (SSSR count). The van der Waals surface area contributed by atoms with Gasteiger partial charge in [-0.25, -0.2) is 4.39 Å². The lowest BCUT2D eigenvalue weighted by molar-refractivity contribution is 0.0515. The molecular weight excluding hydrogens is 313 g/mol. The number of nitrogens with zero attached hydrogens (tertiary/aromatic N) is 2. The van der Waals surface area contributed by atoms with Crippen molar-refractivity contribution < 1.29 is 9.18 Å². The number of amides is 1. The highest BCUT2D eigenvalue weighted by molar-refractivity contribution is 9.10. The van der Waals surface area contributed by atoms with Crippen LogP contribution in [0.4, 0.5) is 4.39 Å². The Kier molecular flexibility index (Phi) is 4.54. The highest BCUT2D eigenvalue weighted by Crippen LogP contribution is 2.18. The number of hydrogen-bond acceptors (Lipinski definition) is 3. The standard InChI is InChI=1S/C13H17BrFN3O/c1-17-2-3-18(12(7-16)8-17)13(19)9-4-10(14)6-11(15)5-9/h4-6,12H,2-3,7-8,16H2,1H3. The third-order valence-corrected chi connectivity index (χ3v) is 3.79. The molecule has 0 radical (unpaired) electrons. The zero-order valence-corrected chi connectivity index (χ0v) is 12.4. The minimum Gasteiger partial charge on any atom is -0.332 e. The summed E-state index contributed by atoms with van der Waals surface area (Å²) in [6, 6.07) is 4.21. The molecule has 1 fully saturated rings. The van der Waals surface area contributed by atoms with Crippen LogP contribution in [-0.2, 0) is 0 Å². The lowest BCUT2D eigenvalue weighted by Crippen LogP contribution is -2.56. The van der Waals surface area contributed by atoms with Gasteiger partial charge in [-0.15, -0.1) is 0 Å². The van der Waals surface area contributed by atoms with Crippen molar-refractivity contribution >= 4 is 21.8 Å². The normalized spacial score (nSPS) is 20.6. The summed E-state index contributed by atoms with van der Waals surface area (Å²) < 4.78 is 13.9. The van der Waals surface area contributed by atoms with E-state index >= 15 is 0 Å². The summed E-state index contributed by atoms with van der Waals surface area (Å²) >= 11 is 3.20. The summed E-state index contributed by atoms with van der Waals surface area (Å²) in [5, 5.41) is 0. The fraction of sp³-hybridized carbons (Fsp3) is 0.462. The summed E-state index contributed by atoms with van der Waals surface area (Å²) in [5.74, 6) is -0.583. The maximum atomic E-state index is 13.4. The summed E-state index contributed by atoms with van der Waals surface area (Å²) in [5.41, 5.74) is 6.08. The van der Waals surface area contributed by atoms with Crippen LogP contribution in [0.15, 0.2) is 22.7 Å². The lowest BCUT2D eigenvalue weighted by Gasteiger charge is -2.39. The molecule has 0 aromatic heterocycles. The molecule has 0 bridgehead atoms. The lowest BCUT2D eigenvalue weighted by atomic mass is 10.1. The molecule has 2 N–H and O–H groups in total. The molecule has 1 amide bonds. The van der Waals surface area contributed by atoms with Crippen LogP contribution in [0.3, 0.4) is 0 Å². The van der Waals surface area contributed by atoms with Crippen LogP contribution in [0, 0.1) is 5.82 Å². The maximum Gasteiger partial charge on any atom is 0.254 e. The Balaban J connectivity index is 2.22. The van der Waals surface area contributed by atoms with Crippen LogP contribution in [0.25, 0.3) is 0 Å². The first-order chi connectivity index (χ1) is 9.01. The topological polar surface area (TPSA) is 49.6 Å². The van der Waals surface area contributed by atoms with Gasteiger partial charge in [0.15, 0.2) is 0 Å². The SMILES string of the molecule is CN1CCN(C(=O)c2cc(F)cc(Br)c2)C(CN)C1. The van der Waals surface area contributed by atoms with Gasteiger partial charge >= 0.3 is 0 Å². The van der Waals surface area contributed by atoms with E-state index in [-0.39, 0.29) is 11.9 Å². The molecule has 0 saturated carbocycles. The quantitative estimate of drug-likeness (QED) is 0.889. The number of benzene rings is 1. The van der Waals surface area contributed by atoms with Crippen LogP contribution in [0.1, 0.15) is 10.4 Å². The molecule has 1 heterocycles. The molecular formula is C13H17BrFN3O. The molecule has 1 aromatic carbocycles. The number of carbonyl (C=O) groups excluding carboxylic acids is 1. The second-order valence-corrected chi connectivity index (χ2v) is 5.72. The zero-order valence-electron chi connectivity index (χ0n) is 10.8. The molecule has 0 spiro atoms. The molecule has 4 nitrogen and oxygen atoms in total. The predicted octanol–water partition coefficient (Wildman–Crippen LogP) is 1.30. The van der Waals surface area contributed by atoms with E-state index in [1.165, 1.54) is 12.1 Å². The van der Waals surface area contributed by atoms with Gasteiger partial charge in [-0.1, -0.05) is 15.9 Å². The minimum absolute atomic E-state index is 0.0201. The molecule has 1 atom stereocenters. The molecule has 1 saturated heterocycles. The molecule has 1 aliphatic rings. The Labute approximate surface area is 120 Å². The van der Waals surface area contributed by atoms with Crippen LogP contribution < -0.4 is 5.73 Å². The largest absolute Gasteiger partial charge is 0.332 e. The Bertz CT molecular complexity index is 463. The van der Waals surface area contributed by atoms with Crippen LogP contribution >= 0.6 is 15.9 Å². The molecule has 6 heteroatoms. The summed E-state index contributed by atoms with van der Waals surface area (Å²) in [4.78, 5) is 16.3. The Hall–Kier alpha value is -0.980. The van der Waals surface area contributed by atoms with Gasteiger partial charge in [-0.05, 0) is 25.2 Å². The number of hydrogen-bond donors (Lipinski definition) is 1. The summed E-state index contributed by atoms with van der Waals surface area (Å²) in [6.45, 7) is 2.58. The fourth-order valence-electron chi connectivity index (χ4n) is 2.32. The molecule has 0 aliphatic carbocycles. The molecule has 104 valence electrons. The Morgan fingerprint density at radius 1 is 1.47 bits per heavy atom.